The summed E-state index contributed by atoms with van der Waals surface area (Å²) in [7, 11) is 1.31. The Balaban J connectivity index is 2.49. The predicted octanol–water partition coefficient (Wildman–Crippen LogP) is 0.417. The molecule has 0 saturated heterocycles. The van der Waals surface area contributed by atoms with Gasteiger partial charge in [-0.15, -0.1) is 0 Å². The number of methoxy groups -OCH3 is 1. The first-order chi connectivity index (χ1) is 7.15. The molecule has 1 aromatic rings. The maximum atomic E-state index is 11.3. The number of rotatable bonds is 5. The molecule has 0 aliphatic carbocycles. The quantitative estimate of drug-likeness (QED) is 0.546. The van der Waals surface area contributed by atoms with Gasteiger partial charge < -0.3 is 15.2 Å². The van der Waals surface area contributed by atoms with Crippen molar-refractivity contribution in [2.75, 3.05) is 7.11 Å². The molecular formula is C11H16NO3-. The summed E-state index contributed by atoms with van der Waals surface area (Å²) < 4.78 is 4.58. The van der Waals surface area contributed by atoms with Crippen molar-refractivity contribution in [2.45, 2.75) is 25.6 Å². The van der Waals surface area contributed by atoms with Crippen LogP contribution in [0.3, 0.4) is 0 Å². The Labute approximate surface area is 89.2 Å². The van der Waals surface area contributed by atoms with E-state index in [4.69, 9.17) is 0 Å². The van der Waals surface area contributed by atoms with E-state index in [1.807, 2.05) is 24.3 Å². The largest absolute Gasteiger partial charge is 0.468 e. The lowest BCUT2D eigenvalue weighted by Gasteiger charge is -2.19. The van der Waals surface area contributed by atoms with E-state index >= 15 is 0 Å². The van der Waals surface area contributed by atoms with Crippen molar-refractivity contribution in [1.82, 2.24) is 5.32 Å². The predicted molar refractivity (Wildman–Crippen MR) is 56.4 cm³/mol. The van der Waals surface area contributed by atoms with Gasteiger partial charge in [-0.1, -0.05) is 0 Å². The van der Waals surface area contributed by atoms with Crippen molar-refractivity contribution in [3.63, 3.8) is 0 Å². The number of hydrogen-bond acceptors (Lipinski definition) is 4. The standard InChI is InChI=1S/C11H16NO3/c1-8(13)10(11(14)15-2)12-7-9-5-3-4-6-9/h3-6,8,10,12-13H,7H2,1-2H3/q-1/t8-,10-/m0/s1. The Kier molecular flexibility index (Phi) is 4.39. The molecule has 0 amide bonds. The van der Waals surface area contributed by atoms with E-state index in [1.165, 1.54) is 7.11 Å². The molecule has 0 fully saturated rings. The van der Waals surface area contributed by atoms with Crippen molar-refractivity contribution in [3.05, 3.63) is 29.8 Å². The van der Waals surface area contributed by atoms with E-state index in [9.17, 15) is 9.90 Å². The van der Waals surface area contributed by atoms with Crippen LogP contribution in [-0.4, -0.2) is 30.3 Å². The minimum atomic E-state index is -0.771. The van der Waals surface area contributed by atoms with Crippen molar-refractivity contribution < 1.29 is 14.6 Å². The van der Waals surface area contributed by atoms with Crippen LogP contribution in [0.15, 0.2) is 24.3 Å². The summed E-state index contributed by atoms with van der Waals surface area (Å²) in [4.78, 5) is 11.3. The Bertz CT molecular complexity index is 293. The molecule has 0 bridgehead atoms. The average molecular weight is 210 g/mol. The second kappa shape index (κ2) is 5.58. The fourth-order valence-electron chi connectivity index (χ4n) is 1.34. The molecule has 1 aromatic carbocycles. The normalized spacial score (nSPS) is 14.6. The molecule has 0 heterocycles. The van der Waals surface area contributed by atoms with Crippen LogP contribution in [0.1, 0.15) is 12.5 Å². The number of aliphatic hydroxyl groups excluding tert-OH is 1. The summed E-state index contributed by atoms with van der Waals surface area (Å²) in [5.74, 6) is -0.448. The zero-order valence-corrected chi connectivity index (χ0v) is 8.93. The Morgan fingerprint density at radius 1 is 1.73 bits per heavy atom. The third-order valence-corrected chi connectivity index (χ3v) is 2.20. The first-order valence-corrected chi connectivity index (χ1v) is 4.85. The van der Waals surface area contributed by atoms with E-state index in [1.54, 1.807) is 6.92 Å². The molecule has 0 radical (unpaired) electrons. The van der Waals surface area contributed by atoms with Crippen molar-refractivity contribution >= 4 is 5.97 Å². The first-order valence-electron chi connectivity index (χ1n) is 4.85. The van der Waals surface area contributed by atoms with Gasteiger partial charge in [0, 0.05) is 0 Å². The molecule has 0 saturated carbocycles. The number of nitrogens with one attached hydrogen (secondary N) is 1. The molecule has 0 aliphatic rings. The van der Waals surface area contributed by atoms with E-state index in [2.05, 4.69) is 10.1 Å². The van der Waals surface area contributed by atoms with Gasteiger partial charge in [-0.2, -0.15) is 17.7 Å². The third kappa shape index (κ3) is 3.42. The minimum absolute atomic E-state index is 0.448. The maximum Gasteiger partial charge on any atom is 0.325 e. The van der Waals surface area contributed by atoms with E-state index in [-0.39, 0.29) is 0 Å². The highest BCUT2D eigenvalue weighted by molar-refractivity contribution is 5.76. The second-order valence-electron chi connectivity index (χ2n) is 3.42. The molecule has 0 unspecified atom stereocenters. The van der Waals surface area contributed by atoms with Gasteiger partial charge in [-0.3, -0.25) is 4.79 Å². The highest BCUT2D eigenvalue weighted by atomic mass is 16.5. The van der Waals surface area contributed by atoms with Crippen LogP contribution in [0.5, 0.6) is 0 Å². The fourth-order valence-corrected chi connectivity index (χ4v) is 1.34. The SMILES string of the molecule is COC(=O)[C@@H](NCc1ccc[cH-]1)[C@H](C)O. The summed E-state index contributed by atoms with van der Waals surface area (Å²) in [5, 5.41) is 12.3. The molecule has 0 aromatic heterocycles. The number of esters is 1. The van der Waals surface area contributed by atoms with Crippen LogP contribution in [0.25, 0.3) is 0 Å². The monoisotopic (exact) mass is 210 g/mol. The van der Waals surface area contributed by atoms with Crippen LogP contribution >= 0.6 is 0 Å². The number of carbonyl (C=O) groups excluding carboxylic acids is 1. The molecule has 2 N–H and O–H groups in total. The number of carbonyl (C=O) groups is 1. The first kappa shape index (κ1) is 11.8. The van der Waals surface area contributed by atoms with Gasteiger partial charge in [0.2, 0.25) is 0 Å². The van der Waals surface area contributed by atoms with Crippen molar-refractivity contribution in [3.8, 4) is 0 Å². The van der Waals surface area contributed by atoms with Gasteiger partial charge >= 0.3 is 5.97 Å². The molecular weight excluding hydrogens is 194 g/mol. The lowest BCUT2D eigenvalue weighted by molar-refractivity contribution is -0.145. The average Bonchev–Trinajstić information content (AvgIpc) is 2.70. The number of aliphatic hydroxyl groups is 1. The molecule has 4 nitrogen and oxygen atoms in total. The minimum Gasteiger partial charge on any atom is -0.468 e. The van der Waals surface area contributed by atoms with Crippen LogP contribution in [0.4, 0.5) is 0 Å². The highest BCUT2D eigenvalue weighted by Gasteiger charge is 2.23. The van der Waals surface area contributed by atoms with Gasteiger partial charge in [0.25, 0.3) is 0 Å². The smallest absolute Gasteiger partial charge is 0.325 e. The molecule has 84 valence electrons. The Morgan fingerprint density at radius 3 is 2.93 bits per heavy atom. The van der Waals surface area contributed by atoms with Crippen molar-refractivity contribution in [2.24, 2.45) is 0 Å². The summed E-state index contributed by atoms with van der Waals surface area (Å²) in [6.07, 6.45) is -0.771. The molecule has 0 spiro atoms. The summed E-state index contributed by atoms with van der Waals surface area (Å²) in [5.41, 5.74) is 1.07. The maximum absolute atomic E-state index is 11.3. The van der Waals surface area contributed by atoms with Crippen LogP contribution < -0.4 is 5.32 Å². The van der Waals surface area contributed by atoms with Gasteiger partial charge in [-0.25, -0.2) is 12.1 Å². The summed E-state index contributed by atoms with van der Waals surface area (Å²) >= 11 is 0. The number of ether oxygens (including phenoxy) is 1. The molecule has 15 heavy (non-hydrogen) atoms. The number of hydrogen-bond donors (Lipinski definition) is 2. The van der Waals surface area contributed by atoms with E-state index < -0.39 is 18.1 Å². The molecule has 4 heteroatoms. The topological polar surface area (TPSA) is 58.6 Å². The summed E-state index contributed by atoms with van der Waals surface area (Å²) in [6.45, 7) is 2.09. The summed E-state index contributed by atoms with van der Waals surface area (Å²) in [6, 6.07) is 7.07. The van der Waals surface area contributed by atoms with Crippen LogP contribution in [0.2, 0.25) is 0 Å². The van der Waals surface area contributed by atoms with Gasteiger partial charge in [0.05, 0.1) is 13.2 Å². The zero-order valence-electron chi connectivity index (χ0n) is 8.93. The van der Waals surface area contributed by atoms with Gasteiger partial charge in [0.1, 0.15) is 6.04 Å². The van der Waals surface area contributed by atoms with Gasteiger partial charge in [-0.05, 0) is 13.5 Å². The fraction of sp³-hybridized carbons (Fsp3) is 0.455. The van der Waals surface area contributed by atoms with Gasteiger partial charge in [0.15, 0.2) is 0 Å². The van der Waals surface area contributed by atoms with E-state index in [0.29, 0.717) is 6.54 Å². The Hall–Kier alpha value is -1.26. The highest BCUT2D eigenvalue weighted by Crippen LogP contribution is 2.02. The lowest BCUT2D eigenvalue weighted by atomic mass is 10.2. The zero-order chi connectivity index (χ0) is 11.3. The van der Waals surface area contributed by atoms with Crippen molar-refractivity contribution in [1.29, 1.82) is 0 Å². The molecule has 0 aliphatic heterocycles. The second-order valence-corrected chi connectivity index (χ2v) is 3.42. The Morgan fingerprint density at radius 2 is 2.47 bits per heavy atom. The third-order valence-electron chi connectivity index (χ3n) is 2.20. The lowest BCUT2D eigenvalue weighted by Crippen LogP contribution is -2.45. The van der Waals surface area contributed by atoms with Crippen LogP contribution in [-0.2, 0) is 16.1 Å². The van der Waals surface area contributed by atoms with Crippen LogP contribution in [0, 0.1) is 0 Å². The van der Waals surface area contributed by atoms with E-state index in [0.717, 1.165) is 5.56 Å². The molecule has 1 rings (SSSR count). The molecule has 2 atom stereocenters.